The Morgan fingerprint density at radius 2 is 1.94 bits per heavy atom. The van der Waals surface area contributed by atoms with Gasteiger partial charge in [0.15, 0.2) is 0 Å². The lowest BCUT2D eigenvalue weighted by molar-refractivity contribution is -0.145. The second-order valence-electron chi connectivity index (χ2n) is 3.49. The largest absolute Gasteiger partial charge is 0.466 e. The summed E-state index contributed by atoms with van der Waals surface area (Å²) >= 11 is 0. The normalized spacial score (nSPS) is 14.7. The highest BCUT2D eigenvalue weighted by Gasteiger charge is 2.23. The van der Waals surface area contributed by atoms with Crippen LogP contribution in [0.4, 0.5) is 0 Å². The maximum atomic E-state index is 11.2. The van der Waals surface area contributed by atoms with Crippen molar-refractivity contribution in [1.29, 1.82) is 0 Å². The van der Waals surface area contributed by atoms with E-state index in [0.717, 1.165) is 17.7 Å². The molecule has 0 aromatic carbocycles. The van der Waals surface area contributed by atoms with Crippen molar-refractivity contribution in [3.63, 3.8) is 0 Å². The van der Waals surface area contributed by atoms with Crippen molar-refractivity contribution in [2.45, 2.75) is 26.2 Å². The van der Waals surface area contributed by atoms with Gasteiger partial charge in [-0.3, -0.25) is 19.3 Å². The van der Waals surface area contributed by atoms with Crippen LogP contribution < -0.4 is 0 Å². The zero-order chi connectivity index (χ0) is 12.0. The fraction of sp³-hybridized carbons (Fsp3) is 0.545. The van der Waals surface area contributed by atoms with Gasteiger partial charge in [-0.25, -0.2) is 0 Å². The third-order valence-electron chi connectivity index (χ3n) is 2.20. The summed E-state index contributed by atoms with van der Waals surface area (Å²) in [5.41, 5.74) is 0. The molecule has 0 bridgehead atoms. The summed E-state index contributed by atoms with van der Waals surface area (Å²) in [6, 6.07) is 0. The van der Waals surface area contributed by atoms with Gasteiger partial charge in [0.25, 0.3) is 11.8 Å². The monoisotopic (exact) mass is 225 g/mol. The molecule has 1 rings (SSSR count). The van der Waals surface area contributed by atoms with E-state index in [0.29, 0.717) is 6.61 Å². The van der Waals surface area contributed by atoms with Crippen molar-refractivity contribution < 1.29 is 19.1 Å². The van der Waals surface area contributed by atoms with Crippen LogP contribution in [0.2, 0.25) is 0 Å². The molecular formula is C11H15NO4. The third-order valence-corrected chi connectivity index (χ3v) is 2.20. The molecule has 5 nitrogen and oxygen atoms in total. The van der Waals surface area contributed by atoms with E-state index in [-0.39, 0.29) is 30.7 Å². The minimum absolute atomic E-state index is 0.0584. The molecule has 0 atom stereocenters. The summed E-state index contributed by atoms with van der Waals surface area (Å²) in [4.78, 5) is 34.5. The molecule has 0 aromatic heterocycles. The molecule has 2 amide bonds. The quantitative estimate of drug-likeness (QED) is 0.378. The molecule has 0 aromatic rings. The Balaban J connectivity index is 2.22. The van der Waals surface area contributed by atoms with Gasteiger partial charge in [0.1, 0.15) is 0 Å². The van der Waals surface area contributed by atoms with Crippen molar-refractivity contribution in [2.24, 2.45) is 0 Å². The summed E-state index contributed by atoms with van der Waals surface area (Å²) in [5.74, 6) is -1.11. The van der Waals surface area contributed by atoms with E-state index in [4.69, 9.17) is 4.74 Å². The van der Waals surface area contributed by atoms with Crippen LogP contribution >= 0.6 is 0 Å². The van der Waals surface area contributed by atoms with Gasteiger partial charge in [-0.05, 0) is 6.42 Å². The number of hydrogen-bond donors (Lipinski definition) is 0. The Labute approximate surface area is 94.1 Å². The van der Waals surface area contributed by atoms with E-state index in [1.165, 1.54) is 12.2 Å². The van der Waals surface area contributed by atoms with Crippen molar-refractivity contribution in [1.82, 2.24) is 4.90 Å². The summed E-state index contributed by atoms with van der Waals surface area (Å²) in [6.45, 7) is 2.49. The molecule has 0 aliphatic carbocycles. The Kier molecular flexibility index (Phi) is 4.69. The number of ether oxygens (including phenoxy) is 1. The van der Waals surface area contributed by atoms with Crippen LogP contribution in [-0.2, 0) is 19.1 Å². The van der Waals surface area contributed by atoms with E-state index in [1.54, 1.807) is 0 Å². The minimum Gasteiger partial charge on any atom is -0.466 e. The van der Waals surface area contributed by atoms with Crippen LogP contribution in [0.3, 0.4) is 0 Å². The molecule has 0 radical (unpaired) electrons. The highest BCUT2D eigenvalue weighted by molar-refractivity contribution is 6.12. The van der Waals surface area contributed by atoms with Crippen LogP contribution in [-0.4, -0.2) is 35.8 Å². The fourth-order valence-corrected chi connectivity index (χ4v) is 1.26. The molecule has 0 saturated heterocycles. The summed E-state index contributed by atoms with van der Waals surface area (Å²) in [7, 11) is 0. The molecule has 1 heterocycles. The van der Waals surface area contributed by atoms with E-state index >= 15 is 0 Å². The van der Waals surface area contributed by atoms with Crippen molar-refractivity contribution in [3.8, 4) is 0 Å². The Hall–Kier alpha value is -1.65. The van der Waals surface area contributed by atoms with Gasteiger partial charge < -0.3 is 4.74 Å². The third kappa shape index (κ3) is 3.49. The Morgan fingerprint density at radius 3 is 2.50 bits per heavy atom. The molecule has 5 heteroatoms. The molecule has 0 fully saturated rings. The van der Waals surface area contributed by atoms with Crippen LogP contribution in [0.1, 0.15) is 26.2 Å². The number of hydrogen-bond acceptors (Lipinski definition) is 4. The second-order valence-corrected chi connectivity index (χ2v) is 3.49. The zero-order valence-corrected chi connectivity index (χ0v) is 9.27. The molecule has 88 valence electrons. The number of imide groups is 1. The van der Waals surface area contributed by atoms with Crippen molar-refractivity contribution in [3.05, 3.63) is 12.2 Å². The molecule has 16 heavy (non-hydrogen) atoms. The molecule has 1 aliphatic heterocycles. The molecule has 0 saturated carbocycles. The fourth-order valence-electron chi connectivity index (χ4n) is 1.26. The lowest BCUT2D eigenvalue weighted by Crippen LogP contribution is -2.32. The number of esters is 1. The number of carbonyl (C=O) groups is 3. The van der Waals surface area contributed by atoms with E-state index in [1.807, 2.05) is 6.92 Å². The molecule has 0 N–H and O–H groups in total. The average molecular weight is 225 g/mol. The molecule has 0 spiro atoms. The van der Waals surface area contributed by atoms with Crippen LogP contribution in [0.15, 0.2) is 12.2 Å². The van der Waals surface area contributed by atoms with Gasteiger partial charge in [-0.15, -0.1) is 0 Å². The standard InChI is InChI=1S/C11H15NO4/c1-2-3-8-16-11(15)6-7-12-9(13)4-5-10(12)14/h4-5H,2-3,6-8H2,1H3. The first kappa shape index (κ1) is 12.4. The lowest BCUT2D eigenvalue weighted by Gasteiger charge is -2.12. The highest BCUT2D eigenvalue weighted by atomic mass is 16.5. The highest BCUT2D eigenvalue weighted by Crippen LogP contribution is 2.04. The maximum Gasteiger partial charge on any atom is 0.307 e. The lowest BCUT2D eigenvalue weighted by atomic mass is 10.3. The van der Waals surface area contributed by atoms with Gasteiger partial charge in [0.05, 0.1) is 13.0 Å². The number of carbonyl (C=O) groups excluding carboxylic acids is 3. The Bertz CT molecular complexity index is 304. The predicted octanol–water partition coefficient (Wildman–Crippen LogP) is 0.645. The van der Waals surface area contributed by atoms with Gasteiger partial charge in [0, 0.05) is 18.7 Å². The topological polar surface area (TPSA) is 63.7 Å². The van der Waals surface area contributed by atoms with Crippen molar-refractivity contribution in [2.75, 3.05) is 13.2 Å². The smallest absolute Gasteiger partial charge is 0.307 e. The van der Waals surface area contributed by atoms with Gasteiger partial charge >= 0.3 is 5.97 Å². The average Bonchev–Trinajstić information content (AvgIpc) is 2.57. The first-order valence-corrected chi connectivity index (χ1v) is 5.34. The van der Waals surface area contributed by atoms with E-state index < -0.39 is 0 Å². The number of rotatable bonds is 6. The minimum atomic E-state index is -0.374. The SMILES string of the molecule is CCCCOC(=O)CCN1C(=O)C=CC1=O. The first-order chi connectivity index (χ1) is 7.65. The summed E-state index contributed by atoms with van der Waals surface area (Å²) in [6.07, 6.45) is 4.24. The van der Waals surface area contributed by atoms with Crippen LogP contribution in [0.25, 0.3) is 0 Å². The van der Waals surface area contributed by atoms with E-state index in [9.17, 15) is 14.4 Å². The molecule has 1 aliphatic rings. The first-order valence-electron chi connectivity index (χ1n) is 5.34. The summed E-state index contributed by atoms with van der Waals surface area (Å²) in [5, 5.41) is 0. The predicted molar refractivity (Wildman–Crippen MR) is 56.3 cm³/mol. The van der Waals surface area contributed by atoms with Gasteiger partial charge in [0.2, 0.25) is 0 Å². The maximum absolute atomic E-state index is 11.2. The van der Waals surface area contributed by atoms with Crippen LogP contribution in [0.5, 0.6) is 0 Å². The number of unbranched alkanes of at least 4 members (excludes halogenated alkanes) is 1. The van der Waals surface area contributed by atoms with Crippen molar-refractivity contribution >= 4 is 17.8 Å². The zero-order valence-electron chi connectivity index (χ0n) is 9.27. The van der Waals surface area contributed by atoms with Gasteiger partial charge in [-0.2, -0.15) is 0 Å². The van der Waals surface area contributed by atoms with E-state index in [2.05, 4.69) is 0 Å². The second kappa shape index (κ2) is 6.05. The number of amides is 2. The summed E-state index contributed by atoms with van der Waals surface area (Å²) < 4.78 is 4.90. The van der Waals surface area contributed by atoms with Gasteiger partial charge in [-0.1, -0.05) is 13.3 Å². The Morgan fingerprint density at radius 1 is 1.31 bits per heavy atom. The van der Waals surface area contributed by atoms with Crippen LogP contribution in [0, 0.1) is 0 Å². The molecule has 0 unspecified atom stereocenters. The molecular weight excluding hydrogens is 210 g/mol. The number of nitrogens with zero attached hydrogens (tertiary/aromatic N) is 1.